The Kier molecular flexibility index (Phi) is 5.30. The number of halogens is 1. The molecule has 0 amide bonds. The summed E-state index contributed by atoms with van der Waals surface area (Å²) in [6, 6.07) is 11.3. The molecule has 1 unspecified atom stereocenters. The van der Waals surface area contributed by atoms with E-state index in [2.05, 4.69) is 70.1 Å². The number of hydrogen-bond acceptors (Lipinski definition) is 3. The molecule has 1 nitrogen and oxygen atoms in total. The lowest BCUT2D eigenvalue weighted by atomic mass is 10.1. The van der Waals surface area contributed by atoms with Crippen LogP contribution in [0, 0.1) is 0 Å². The molecule has 2 aromatic rings. The van der Waals surface area contributed by atoms with Gasteiger partial charge < -0.3 is 5.32 Å². The Bertz CT molecular complexity index is 493. The van der Waals surface area contributed by atoms with Gasteiger partial charge in [0.25, 0.3) is 0 Å². The number of rotatable bonds is 5. The molecule has 0 fully saturated rings. The van der Waals surface area contributed by atoms with Crippen LogP contribution < -0.4 is 5.32 Å². The van der Waals surface area contributed by atoms with Gasteiger partial charge in [0.15, 0.2) is 0 Å². The third-order valence-corrected chi connectivity index (χ3v) is 5.15. The quantitative estimate of drug-likeness (QED) is 0.760. The fraction of sp³-hybridized carbons (Fsp3) is 0.286. The van der Waals surface area contributed by atoms with Gasteiger partial charge in [-0.15, -0.1) is 23.1 Å². The number of benzene rings is 1. The normalized spacial score (nSPS) is 12.6. The van der Waals surface area contributed by atoms with Gasteiger partial charge in [0, 0.05) is 17.5 Å². The molecule has 1 atom stereocenters. The Morgan fingerprint density at radius 2 is 2.06 bits per heavy atom. The van der Waals surface area contributed by atoms with E-state index in [0.29, 0.717) is 6.04 Å². The summed E-state index contributed by atoms with van der Waals surface area (Å²) in [5.41, 5.74) is 2.67. The van der Waals surface area contributed by atoms with Crippen molar-refractivity contribution in [2.45, 2.75) is 24.4 Å². The van der Waals surface area contributed by atoms with Crippen molar-refractivity contribution in [3.63, 3.8) is 0 Å². The predicted octanol–water partition coefficient (Wildman–Crippen LogP) is 5.08. The van der Waals surface area contributed by atoms with Gasteiger partial charge in [-0.1, -0.05) is 12.1 Å². The Hall–Kier alpha value is -0.290. The number of thiophene rings is 1. The highest BCUT2D eigenvalue weighted by Crippen LogP contribution is 2.22. The van der Waals surface area contributed by atoms with Crippen LogP contribution in [0.2, 0.25) is 0 Å². The third kappa shape index (κ3) is 3.85. The molecule has 1 N–H and O–H groups in total. The highest BCUT2D eigenvalue weighted by molar-refractivity contribution is 9.11. The summed E-state index contributed by atoms with van der Waals surface area (Å²) in [6.45, 7) is 3.11. The van der Waals surface area contributed by atoms with Gasteiger partial charge in [0.1, 0.15) is 0 Å². The number of nitrogens with one attached hydrogen (secondary N) is 1. The molecular formula is C14H16BrNS2. The fourth-order valence-electron chi connectivity index (χ4n) is 1.72. The molecule has 18 heavy (non-hydrogen) atoms. The van der Waals surface area contributed by atoms with Crippen LogP contribution in [0.3, 0.4) is 0 Å². The largest absolute Gasteiger partial charge is 0.306 e. The van der Waals surface area contributed by atoms with Crippen molar-refractivity contribution in [3.8, 4) is 0 Å². The van der Waals surface area contributed by atoms with Crippen molar-refractivity contribution in [1.29, 1.82) is 0 Å². The molecule has 1 aromatic heterocycles. The molecule has 0 spiro atoms. The van der Waals surface area contributed by atoms with Gasteiger partial charge in [0.2, 0.25) is 0 Å². The van der Waals surface area contributed by atoms with Gasteiger partial charge >= 0.3 is 0 Å². The minimum Gasteiger partial charge on any atom is -0.306 e. The Morgan fingerprint density at radius 1 is 1.33 bits per heavy atom. The van der Waals surface area contributed by atoms with E-state index in [1.54, 1.807) is 23.1 Å². The van der Waals surface area contributed by atoms with Gasteiger partial charge in [-0.3, -0.25) is 0 Å². The van der Waals surface area contributed by atoms with Gasteiger partial charge in [0.05, 0.1) is 3.79 Å². The van der Waals surface area contributed by atoms with Crippen LogP contribution in [0.4, 0.5) is 0 Å². The summed E-state index contributed by atoms with van der Waals surface area (Å²) in [7, 11) is 0. The van der Waals surface area contributed by atoms with E-state index in [9.17, 15) is 0 Å². The van der Waals surface area contributed by atoms with E-state index in [-0.39, 0.29) is 0 Å². The maximum atomic E-state index is 3.55. The van der Waals surface area contributed by atoms with Crippen molar-refractivity contribution >= 4 is 39.0 Å². The lowest BCUT2D eigenvalue weighted by Crippen LogP contribution is -2.17. The summed E-state index contributed by atoms with van der Waals surface area (Å²) >= 11 is 7.00. The van der Waals surface area contributed by atoms with E-state index in [0.717, 1.165) is 6.54 Å². The summed E-state index contributed by atoms with van der Waals surface area (Å²) in [4.78, 5) is 1.31. The third-order valence-electron chi connectivity index (χ3n) is 2.85. The minimum atomic E-state index is 0.375. The van der Waals surface area contributed by atoms with Crippen LogP contribution in [0.25, 0.3) is 0 Å². The molecule has 0 saturated heterocycles. The second-order valence-corrected chi connectivity index (χ2v) is 7.30. The first kappa shape index (κ1) is 14.1. The maximum absolute atomic E-state index is 3.55. The van der Waals surface area contributed by atoms with E-state index in [4.69, 9.17) is 0 Å². The van der Waals surface area contributed by atoms with Crippen molar-refractivity contribution in [1.82, 2.24) is 5.32 Å². The molecule has 0 saturated carbocycles. The second-order valence-electron chi connectivity index (χ2n) is 4.13. The van der Waals surface area contributed by atoms with E-state index in [1.165, 1.54) is 19.8 Å². The molecule has 4 heteroatoms. The predicted molar refractivity (Wildman–Crippen MR) is 85.5 cm³/mol. The molecule has 0 aliphatic heterocycles. The molecule has 1 aromatic carbocycles. The molecule has 0 aliphatic carbocycles. The van der Waals surface area contributed by atoms with Crippen molar-refractivity contribution < 1.29 is 0 Å². The molecule has 1 heterocycles. The standard InChI is InChI=1S/C14H16BrNS2/c1-10(12-3-5-13(17-2)6-4-12)16-8-11-7-14(15)18-9-11/h3-7,9-10,16H,8H2,1-2H3. The van der Waals surface area contributed by atoms with Crippen molar-refractivity contribution in [2.24, 2.45) is 0 Å². The van der Waals surface area contributed by atoms with Crippen LogP contribution >= 0.6 is 39.0 Å². The maximum Gasteiger partial charge on any atom is 0.0701 e. The lowest BCUT2D eigenvalue weighted by molar-refractivity contribution is 0.575. The summed E-state index contributed by atoms with van der Waals surface area (Å²) < 4.78 is 1.19. The number of thioether (sulfide) groups is 1. The fourth-order valence-corrected chi connectivity index (χ4v) is 3.34. The Morgan fingerprint density at radius 3 is 2.61 bits per heavy atom. The average Bonchev–Trinajstić information content (AvgIpc) is 2.82. The SMILES string of the molecule is CSc1ccc(C(C)NCc2csc(Br)c2)cc1. The molecular weight excluding hydrogens is 326 g/mol. The molecule has 0 bridgehead atoms. The topological polar surface area (TPSA) is 12.0 Å². The highest BCUT2D eigenvalue weighted by atomic mass is 79.9. The molecule has 0 aliphatic rings. The van der Waals surface area contributed by atoms with Crippen LogP contribution in [0.1, 0.15) is 24.1 Å². The summed E-state index contributed by atoms with van der Waals surface area (Å²) in [6.07, 6.45) is 2.10. The zero-order valence-corrected chi connectivity index (χ0v) is 13.7. The number of hydrogen-bond donors (Lipinski definition) is 1. The Labute approximate surface area is 125 Å². The minimum absolute atomic E-state index is 0.375. The first-order chi connectivity index (χ1) is 8.69. The molecule has 96 valence electrons. The van der Waals surface area contributed by atoms with Crippen LogP contribution in [0.15, 0.2) is 44.4 Å². The van der Waals surface area contributed by atoms with Crippen LogP contribution in [-0.2, 0) is 6.54 Å². The van der Waals surface area contributed by atoms with E-state index >= 15 is 0 Å². The second kappa shape index (κ2) is 6.75. The van der Waals surface area contributed by atoms with Gasteiger partial charge in [-0.05, 0) is 63.8 Å². The average molecular weight is 342 g/mol. The summed E-state index contributed by atoms with van der Waals surface area (Å²) in [5, 5.41) is 5.73. The smallest absolute Gasteiger partial charge is 0.0701 e. The highest BCUT2D eigenvalue weighted by Gasteiger charge is 2.05. The van der Waals surface area contributed by atoms with Gasteiger partial charge in [-0.25, -0.2) is 0 Å². The lowest BCUT2D eigenvalue weighted by Gasteiger charge is -2.14. The van der Waals surface area contributed by atoms with Crippen LogP contribution in [-0.4, -0.2) is 6.26 Å². The van der Waals surface area contributed by atoms with Crippen LogP contribution in [0.5, 0.6) is 0 Å². The molecule has 0 radical (unpaired) electrons. The Balaban J connectivity index is 1.92. The van der Waals surface area contributed by atoms with Gasteiger partial charge in [-0.2, -0.15) is 0 Å². The zero-order valence-electron chi connectivity index (χ0n) is 10.4. The first-order valence-corrected chi connectivity index (χ1v) is 8.69. The van der Waals surface area contributed by atoms with E-state index in [1.807, 2.05) is 0 Å². The van der Waals surface area contributed by atoms with Crippen molar-refractivity contribution in [2.75, 3.05) is 6.26 Å². The molecule has 2 rings (SSSR count). The van der Waals surface area contributed by atoms with E-state index < -0.39 is 0 Å². The monoisotopic (exact) mass is 341 g/mol. The first-order valence-electron chi connectivity index (χ1n) is 5.79. The van der Waals surface area contributed by atoms with Crippen molar-refractivity contribution in [3.05, 3.63) is 50.6 Å². The zero-order chi connectivity index (χ0) is 13.0. The summed E-state index contributed by atoms with van der Waals surface area (Å²) in [5.74, 6) is 0.